The SMILES string of the molecule is CCS(=O)(=O)CCN1Cc2ccnn2CC(OCc2cccc(C)n2)C1.O=C(O)C(F)(F)F.O=C(O)C(F)(F)F. The Morgan fingerprint density at radius 3 is 2.12 bits per heavy atom. The number of hydrogen-bond acceptors (Lipinski definition) is 8. The highest BCUT2D eigenvalue weighted by Gasteiger charge is 2.38. The van der Waals surface area contributed by atoms with Gasteiger partial charge in [0.25, 0.3) is 0 Å². The third-order valence-electron chi connectivity index (χ3n) is 5.08. The van der Waals surface area contributed by atoms with Crippen molar-refractivity contribution in [2.45, 2.75) is 52.0 Å². The summed E-state index contributed by atoms with van der Waals surface area (Å²) in [5, 5.41) is 18.6. The molecule has 11 nitrogen and oxygen atoms in total. The first kappa shape index (κ1) is 34.8. The minimum atomic E-state index is -5.08. The first-order valence-corrected chi connectivity index (χ1v) is 13.2. The van der Waals surface area contributed by atoms with Gasteiger partial charge >= 0.3 is 24.3 Å². The summed E-state index contributed by atoms with van der Waals surface area (Å²) < 4.78 is 95.3. The van der Waals surface area contributed by atoms with E-state index in [1.165, 1.54) is 0 Å². The Morgan fingerprint density at radius 2 is 1.62 bits per heavy atom. The van der Waals surface area contributed by atoms with Crippen LogP contribution in [0.1, 0.15) is 24.0 Å². The summed E-state index contributed by atoms with van der Waals surface area (Å²) in [6.45, 7) is 6.60. The van der Waals surface area contributed by atoms with Crippen LogP contribution in [0.2, 0.25) is 0 Å². The van der Waals surface area contributed by atoms with Crippen molar-refractivity contribution in [1.29, 1.82) is 0 Å². The quantitative estimate of drug-likeness (QED) is 0.450. The number of sulfone groups is 1. The zero-order valence-electron chi connectivity index (χ0n) is 21.3. The number of aromatic nitrogens is 3. The number of nitrogens with zero attached hydrogens (tertiary/aromatic N) is 4. The van der Waals surface area contributed by atoms with Crippen LogP contribution in [0.15, 0.2) is 30.5 Å². The van der Waals surface area contributed by atoms with Gasteiger partial charge in [0.05, 0.1) is 36.4 Å². The highest BCUT2D eigenvalue weighted by molar-refractivity contribution is 7.91. The van der Waals surface area contributed by atoms with Crippen LogP contribution in [0.3, 0.4) is 0 Å². The number of carboxylic acid groups (broad SMARTS) is 2. The van der Waals surface area contributed by atoms with E-state index >= 15 is 0 Å². The number of pyridine rings is 1. The Bertz CT molecular complexity index is 1190. The molecule has 0 saturated heterocycles. The molecule has 1 aliphatic rings. The number of halogens is 6. The maximum absolute atomic E-state index is 11.9. The lowest BCUT2D eigenvalue weighted by atomic mass is 10.3. The summed E-state index contributed by atoms with van der Waals surface area (Å²) in [5.74, 6) is -5.17. The summed E-state index contributed by atoms with van der Waals surface area (Å²) in [4.78, 5) is 24.4. The van der Waals surface area contributed by atoms with Crippen molar-refractivity contribution in [2.75, 3.05) is 24.6 Å². The lowest BCUT2D eigenvalue weighted by Crippen LogP contribution is -2.36. The van der Waals surface area contributed by atoms with Crippen molar-refractivity contribution in [3.8, 4) is 0 Å². The summed E-state index contributed by atoms with van der Waals surface area (Å²) in [5.41, 5.74) is 2.95. The standard InChI is InChI=1S/C18H26N4O3S.2C2HF3O2/c1-3-26(23,24)10-9-21-11-17-7-8-19-22(17)13-18(12-21)25-14-16-6-4-5-15(2)20-16;2*3-2(4,5)1(6)7/h4-8,18H,3,9-14H2,1-2H3;2*(H,6,7). The molecule has 1 aliphatic heterocycles. The second-order valence-electron chi connectivity index (χ2n) is 8.29. The van der Waals surface area contributed by atoms with Crippen molar-refractivity contribution in [1.82, 2.24) is 19.7 Å². The van der Waals surface area contributed by atoms with Crippen molar-refractivity contribution >= 4 is 21.8 Å². The lowest BCUT2D eigenvalue weighted by Gasteiger charge is -2.23. The molecule has 1 unspecified atom stereocenters. The van der Waals surface area contributed by atoms with Gasteiger partial charge in [-0.25, -0.2) is 18.0 Å². The molecule has 1 atom stereocenters. The first-order valence-electron chi connectivity index (χ1n) is 11.4. The van der Waals surface area contributed by atoms with Gasteiger partial charge in [-0.15, -0.1) is 0 Å². The Labute approximate surface area is 225 Å². The van der Waals surface area contributed by atoms with E-state index in [0.717, 1.165) is 17.1 Å². The average Bonchev–Trinajstić information content (AvgIpc) is 3.19. The third-order valence-corrected chi connectivity index (χ3v) is 6.77. The average molecular weight is 607 g/mol. The zero-order chi connectivity index (χ0) is 30.7. The molecule has 2 aromatic heterocycles. The number of carbonyl (C=O) groups is 2. The highest BCUT2D eigenvalue weighted by Crippen LogP contribution is 2.16. The van der Waals surface area contributed by atoms with E-state index in [4.69, 9.17) is 24.5 Å². The van der Waals surface area contributed by atoms with E-state index in [1.54, 1.807) is 13.1 Å². The molecule has 0 saturated carbocycles. The molecule has 18 heteroatoms. The maximum Gasteiger partial charge on any atom is 0.490 e. The predicted molar refractivity (Wildman–Crippen MR) is 127 cm³/mol. The van der Waals surface area contributed by atoms with Crippen LogP contribution in [0.5, 0.6) is 0 Å². The van der Waals surface area contributed by atoms with E-state index in [2.05, 4.69) is 15.0 Å². The van der Waals surface area contributed by atoms with Gasteiger partial charge in [0, 0.05) is 37.3 Å². The Hall–Kier alpha value is -3.25. The Balaban J connectivity index is 0.000000473. The molecule has 3 heterocycles. The summed E-state index contributed by atoms with van der Waals surface area (Å²) in [7, 11) is -2.99. The molecular formula is C22H28F6N4O7S. The minimum Gasteiger partial charge on any atom is -0.475 e. The Morgan fingerprint density at radius 1 is 1.05 bits per heavy atom. The van der Waals surface area contributed by atoms with E-state index in [0.29, 0.717) is 32.8 Å². The van der Waals surface area contributed by atoms with E-state index in [9.17, 15) is 34.8 Å². The third kappa shape index (κ3) is 13.2. The molecule has 0 aromatic carbocycles. The summed E-state index contributed by atoms with van der Waals surface area (Å²) in [6.07, 6.45) is -8.45. The van der Waals surface area contributed by atoms with Crippen molar-refractivity contribution < 1.29 is 59.3 Å². The smallest absolute Gasteiger partial charge is 0.475 e. The van der Waals surface area contributed by atoms with Crippen LogP contribution in [0, 0.1) is 6.92 Å². The fourth-order valence-electron chi connectivity index (χ4n) is 3.06. The van der Waals surface area contributed by atoms with Crippen LogP contribution in [-0.4, -0.2) is 93.3 Å². The van der Waals surface area contributed by atoms with Gasteiger partial charge in [0.1, 0.15) is 0 Å². The number of aryl methyl sites for hydroxylation is 1. The number of fused-ring (bicyclic) bond motifs is 1. The summed E-state index contributed by atoms with van der Waals surface area (Å²) in [6, 6.07) is 7.86. The minimum absolute atomic E-state index is 0.0669. The van der Waals surface area contributed by atoms with E-state index in [-0.39, 0.29) is 17.6 Å². The molecule has 2 aromatic rings. The second kappa shape index (κ2) is 14.9. The van der Waals surface area contributed by atoms with Gasteiger partial charge in [0.15, 0.2) is 9.84 Å². The summed E-state index contributed by atoms with van der Waals surface area (Å²) >= 11 is 0. The molecule has 0 fully saturated rings. The number of carboxylic acids is 2. The largest absolute Gasteiger partial charge is 0.490 e. The monoisotopic (exact) mass is 606 g/mol. The molecule has 0 aliphatic carbocycles. The molecule has 3 rings (SSSR count). The second-order valence-corrected chi connectivity index (χ2v) is 10.8. The molecule has 40 heavy (non-hydrogen) atoms. The van der Waals surface area contributed by atoms with Gasteiger partial charge in [-0.2, -0.15) is 31.4 Å². The van der Waals surface area contributed by atoms with Gasteiger partial charge in [-0.1, -0.05) is 13.0 Å². The number of alkyl halides is 6. The van der Waals surface area contributed by atoms with Gasteiger partial charge in [-0.05, 0) is 25.1 Å². The van der Waals surface area contributed by atoms with Crippen molar-refractivity contribution in [3.63, 3.8) is 0 Å². The fraction of sp³-hybridized carbons (Fsp3) is 0.545. The number of aliphatic carboxylic acids is 2. The van der Waals surface area contributed by atoms with Crippen LogP contribution in [0.4, 0.5) is 26.3 Å². The fourth-order valence-corrected chi connectivity index (χ4v) is 3.89. The Kier molecular flexibility index (Phi) is 13.0. The maximum atomic E-state index is 11.9. The predicted octanol–water partition coefficient (Wildman–Crippen LogP) is 2.69. The normalized spacial score (nSPS) is 15.9. The molecular weight excluding hydrogens is 578 g/mol. The van der Waals surface area contributed by atoms with Crippen molar-refractivity contribution in [3.05, 3.63) is 47.5 Å². The zero-order valence-corrected chi connectivity index (χ0v) is 22.1. The highest BCUT2D eigenvalue weighted by atomic mass is 32.2. The number of ether oxygens (including phenoxy) is 1. The molecule has 0 amide bonds. The van der Waals surface area contributed by atoms with Gasteiger partial charge < -0.3 is 14.9 Å². The van der Waals surface area contributed by atoms with E-state index in [1.807, 2.05) is 35.9 Å². The van der Waals surface area contributed by atoms with Crippen LogP contribution < -0.4 is 0 Å². The topological polar surface area (TPSA) is 152 Å². The first-order chi connectivity index (χ1) is 18.3. The molecule has 0 spiro atoms. The molecule has 0 bridgehead atoms. The van der Waals surface area contributed by atoms with Gasteiger partial charge in [-0.3, -0.25) is 14.6 Å². The van der Waals surface area contributed by atoms with Crippen molar-refractivity contribution in [2.24, 2.45) is 0 Å². The van der Waals surface area contributed by atoms with E-state index < -0.39 is 34.1 Å². The molecule has 226 valence electrons. The lowest BCUT2D eigenvalue weighted by molar-refractivity contribution is -0.193. The number of hydrogen-bond donors (Lipinski definition) is 2. The van der Waals surface area contributed by atoms with Crippen LogP contribution in [0.25, 0.3) is 0 Å². The van der Waals surface area contributed by atoms with Crippen LogP contribution in [-0.2, 0) is 43.9 Å². The number of rotatable bonds is 7. The van der Waals surface area contributed by atoms with Gasteiger partial charge in [0.2, 0.25) is 0 Å². The molecule has 2 N–H and O–H groups in total. The molecule has 0 radical (unpaired) electrons. The van der Waals surface area contributed by atoms with Crippen LogP contribution >= 0.6 is 0 Å².